The monoisotopic (exact) mass is 163 g/mol. The quantitative estimate of drug-likeness (QED) is 0.694. The maximum atomic E-state index is 8.55. The molecule has 3 nitrogen and oxygen atoms in total. The fraction of sp³-hybridized carbons (Fsp3) is 0.444. The molecule has 1 rings (SSSR count). The van der Waals surface area contributed by atoms with E-state index in [-0.39, 0.29) is 6.04 Å². The van der Waals surface area contributed by atoms with Crippen LogP contribution in [0.3, 0.4) is 0 Å². The van der Waals surface area contributed by atoms with Crippen molar-refractivity contribution in [3.8, 4) is 6.07 Å². The smallest absolute Gasteiger partial charge is 0.117 e. The van der Waals surface area contributed by atoms with Gasteiger partial charge in [0.05, 0.1) is 0 Å². The summed E-state index contributed by atoms with van der Waals surface area (Å²) in [5.74, 6) is 0.396. The molecule has 0 bridgehead atoms. The topological polar surface area (TPSA) is 65.6 Å². The van der Waals surface area contributed by atoms with Crippen LogP contribution in [0, 0.1) is 17.2 Å². The van der Waals surface area contributed by atoms with Gasteiger partial charge in [-0.1, -0.05) is 13.8 Å². The number of nitrogens with zero attached hydrogens (tertiary/aromatic N) is 1. The number of nitrogens with two attached hydrogens (primary N) is 1. The molecule has 1 aromatic rings. The van der Waals surface area contributed by atoms with Crippen LogP contribution in [0.1, 0.15) is 31.1 Å². The zero-order chi connectivity index (χ0) is 9.14. The fourth-order valence-electron chi connectivity index (χ4n) is 1.05. The molecule has 0 aliphatic carbocycles. The Hall–Kier alpha value is -1.27. The number of hydrogen-bond donors (Lipinski definition) is 2. The molecule has 64 valence electrons. The van der Waals surface area contributed by atoms with Crippen molar-refractivity contribution in [2.45, 2.75) is 19.9 Å². The van der Waals surface area contributed by atoms with Gasteiger partial charge < -0.3 is 10.7 Å². The Morgan fingerprint density at radius 3 is 2.67 bits per heavy atom. The van der Waals surface area contributed by atoms with Gasteiger partial charge in [-0.15, -0.1) is 0 Å². The van der Waals surface area contributed by atoms with E-state index in [1.807, 2.05) is 6.07 Å². The zero-order valence-electron chi connectivity index (χ0n) is 7.33. The number of nitriles is 1. The van der Waals surface area contributed by atoms with Crippen molar-refractivity contribution in [1.29, 1.82) is 5.26 Å². The van der Waals surface area contributed by atoms with Crippen LogP contribution in [0.4, 0.5) is 0 Å². The van der Waals surface area contributed by atoms with Gasteiger partial charge >= 0.3 is 0 Å². The number of aromatic amines is 1. The van der Waals surface area contributed by atoms with Gasteiger partial charge in [0, 0.05) is 12.2 Å². The second kappa shape index (κ2) is 3.42. The van der Waals surface area contributed by atoms with Crippen molar-refractivity contribution in [3.63, 3.8) is 0 Å². The maximum absolute atomic E-state index is 8.55. The molecule has 0 aliphatic heterocycles. The summed E-state index contributed by atoms with van der Waals surface area (Å²) in [6, 6.07) is 3.84. The lowest BCUT2D eigenvalue weighted by Gasteiger charge is -2.12. The van der Waals surface area contributed by atoms with Crippen LogP contribution >= 0.6 is 0 Å². The maximum Gasteiger partial charge on any atom is 0.117 e. The molecule has 3 heteroatoms. The minimum atomic E-state index is 0.0170. The van der Waals surface area contributed by atoms with Crippen LogP contribution in [0.15, 0.2) is 12.3 Å². The Kier molecular flexibility index (Phi) is 2.51. The Labute approximate surface area is 72.2 Å². The number of hydrogen-bond acceptors (Lipinski definition) is 2. The molecule has 0 aliphatic rings. The Morgan fingerprint density at radius 2 is 2.25 bits per heavy atom. The molecular formula is C9H13N3. The molecule has 0 fully saturated rings. The van der Waals surface area contributed by atoms with Gasteiger partial charge in [0.2, 0.25) is 0 Å². The third kappa shape index (κ3) is 1.66. The molecule has 0 spiro atoms. The summed E-state index contributed by atoms with van der Waals surface area (Å²) in [6.45, 7) is 4.12. The van der Waals surface area contributed by atoms with E-state index in [1.165, 1.54) is 0 Å². The van der Waals surface area contributed by atoms with Crippen LogP contribution in [-0.4, -0.2) is 4.98 Å². The van der Waals surface area contributed by atoms with Gasteiger partial charge in [-0.05, 0) is 17.5 Å². The number of rotatable bonds is 2. The molecule has 0 radical (unpaired) electrons. The average Bonchev–Trinajstić information content (AvgIpc) is 2.50. The number of H-pyrrole nitrogens is 1. The number of nitrogens with one attached hydrogen (secondary N) is 1. The van der Waals surface area contributed by atoms with Gasteiger partial charge in [-0.25, -0.2) is 0 Å². The highest BCUT2D eigenvalue weighted by atomic mass is 14.7. The van der Waals surface area contributed by atoms with Gasteiger partial charge in [0.15, 0.2) is 0 Å². The summed E-state index contributed by atoms with van der Waals surface area (Å²) in [4.78, 5) is 2.85. The van der Waals surface area contributed by atoms with Crippen molar-refractivity contribution < 1.29 is 0 Å². The third-order valence-corrected chi connectivity index (χ3v) is 1.93. The van der Waals surface area contributed by atoms with Gasteiger partial charge in [-0.2, -0.15) is 5.26 Å². The third-order valence-electron chi connectivity index (χ3n) is 1.93. The van der Waals surface area contributed by atoms with Crippen molar-refractivity contribution in [1.82, 2.24) is 4.98 Å². The Morgan fingerprint density at radius 1 is 1.58 bits per heavy atom. The summed E-state index contributed by atoms with van der Waals surface area (Å²) in [7, 11) is 0. The lowest BCUT2D eigenvalue weighted by Crippen LogP contribution is -2.15. The molecule has 3 N–H and O–H groups in total. The molecular weight excluding hydrogens is 150 g/mol. The normalized spacial score (nSPS) is 12.9. The standard InChI is InChI=1S/C9H13N3/c1-6(2)9(11)7-3-8(4-10)12-5-7/h3,5-6,9,12H,11H2,1-2H3. The van der Waals surface area contributed by atoms with E-state index < -0.39 is 0 Å². The van der Waals surface area contributed by atoms with Crippen LogP contribution < -0.4 is 5.73 Å². The first kappa shape index (κ1) is 8.82. The summed E-state index contributed by atoms with van der Waals surface area (Å²) >= 11 is 0. The molecule has 1 unspecified atom stereocenters. The predicted octanol–water partition coefficient (Wildman–Crippen LogP) is 1.54. The van der Waals surface area contributed by atoms with E-state index in [0.29, 0.717) is 11.6 Å². The Balaban J connectivity index is 2.83. The second-order valence-electron chi connectivity index (χ2n) is 3.23. The van der Waals surface area contributed by atoms with Crippen molar-refractivity contribution in [2.24, 2.45) is 11.7 Å². The van der Waals surface area contributed by atoms with Crippen LogP contribution in [0.25, 0.3) is 0 Å². The second-order valence-corrected chi connectivity index (χ2v) is 3.23. The highest BCUT2D eigenvalue weighted by molar-refractivity contribution is 5.28. The minimum Gasteiger partial charge on any atom is -0.353 e. The first-order chi connectivity index (χ1) is 5.65. The van der Waals surface area contributed by atoms with Crippen molar-refractivity contribution in [3.05, 3.63) is 23.5 Å². The lowest BCUT2D eigenvalue weighted by molar-refractivity contribution is 0.515. The Bertz CT molecular complexity index is 293. The summed E-state index contributed by atoms with van der Waals surface area (Å²) in [6.07, 6.45) is 1.79. The first-order valence-electron chi connectivity index (χ1n) is 3.99. The van der Waals surface area contributed by atoms with Crippen LogP contribution in [-0.2, 0) is 0 Å². The van der Waals surface area contributed by atoms with Crippen molar-refractivity contribution >= 4 is 0 Å². The molecule has 1 heterocycles. The zero-order valence-corrected chi connectivity index (χ0v) is 7.33. The van der Waals surface area contributed by atoms with Crippen molar-refractivity contribution in [2.75, 3.05) is 0 Å². The average molecular weight is 163 g/mol. The van der Waals surface area contributed by atoms with E-state index >= 15 is 0 Å². The molecule has 12 heavy (non-hydrogen) atoms. The van der Waals surface area contributed by atoms with E-state index in [2.05, 4.69) is 18.8 Å². The van der Waals surface area contributed by atoms with E-state index in [1.54, 1.807) is 12.3 Å². The van der Waals surface area contributed by atoms with E-state index in [9.17, 15) is 0 Å². The summed E-state index contributed by atoms with van der Waals surface area (Å²) in [5, 5.41) is 8.55. The summed E-state index contributed by atoms with van der Waals surface area (Å²) < 4.78 is 0. The summed E-state index contributed by atoms with van der Waals surface area (Å²) in [5.41, 5.74) is 7.45. The molecule has 0 aromatic carbocycles. The molecule has 0 amide bonds. The number of aromatic nitrogens is 1. The van der Waals surface area contributed by atoms with Gasteiger partial charge in [-0.3, -0.25) is 0 Å². The van der Waals surface area contributed by atoms with E-state index in [0.717, 1.165) is 5.56 Å². The van der Waals surface area contributed by atoms with Crippen LogP contribution in [0.2, 0.25) is 0 Å². The molecule has 0 saturated heterocycles. The minimum absolute atomic E-state index is 0.0170. The predicted molar refractivity (Wildman–Crippen MR) is 47.3 cm³/mol. The first-order valence-corrected chi connectivity index (χ1v) is 3.99. The largest absolute Gasteiger partial charge is 0.353 e. The van der Waals surface area contributed by atoms with Gasteiger partial charge in [0.1, 0.15) is 11.8 Å². The molecule has 1 atom stereocenters. The lowest BCUT2D eigenvalue weighted by atomic mass is 9.99. The highest BCUT2D eigenvalue weighted by Gasteiger charge is 2.11. The highest BCUT2D eigenvalue weighted by Crippen LogP contribution is 2.18. The fourth-order valence-corrected chi connectivity index (χ4v) is 1.05. The van der Waals surface area contributed by atoms with Gasteiger partial charge in [0.25, 0.3) is 0 Å². The SMILES string of the molecule is CC(C)C(N)c1c[nH]c(C#N)c1. The van der Waals surface area contributed by atoms with E-state index in [4.69, 9.17) is 11.0 Å². The molecule has 0 saturated carbocycles. The molecule has 1 aromatic heterocycles. The van der Waals surface area contributed by atoms with Crippen LogP contribution in [0.5, 0.6) is 0 Å².